The predicted octanol–water partition coefficient (Wildman–Crippen LogP) is 7.19. The number of unbranched alkanes of at least 4 members (excludes halogenated alkanes) is 6. The van der Waals surface area contributed by atoms with Crippen LogP contribution in [0.15, 0.2) is 104 Å². The molecule has 324 valence electrons. The molecule has 2 aliphatic heterocycles. The monoisotopic (exact) mass is 840 g/mol. The standard InChI is InChI=1S/C47H52O14/c1-3-41(48)55-29-11-7-5-9-27-53-36-20-13-33(14-21-36)15-26-43(50)60-39-31-57-45-40(32-58-44(39)45)61-47(52)35-18-24-38(25-19-35)59-46(51)34-16-22-37(23-17-34)54-28-10-6-8-12-30-56-42(49)4-2/h3-4,13-26,39-40,44-45H,1-2,5-12,27-32H2/b26-15+/t39-,40+,44-,45-/m1/s1. The van der Waals surface area contributed by atoms with Crippen LogP contribution in [0, 0.1) is 0 Å². The fourth-order valence-corrected chi connectivity index (χ4v) is 6.34. The number of benzene rings is 3. The van der Waals surface area contributed by atoms with E-state index in [0.717, 1.165) is 69.1 Å². The highest BCUT2D eigenvalue weighted by molar-refractivity contribution is 5.92. The maximum absolute atomic E-state index is 13.0. The minimum atomic E-state index is -0.712. The van der Waals surface area contributed by atoms with Crippen LogP contribution in [0.3, 0.4) is 0 Å². The van der Waals surface area contributed by atoms with Gasteiger partial charge in [0.05, 0.1) is 50.8 Å². The third-order valence-electron chi connectivity index (χ3n) is 9.61. The van der Waals surface area contributed by atoms with Crippen LogP contribution in [0.1, 0.15) is 77.6 Å². The van der Waals surface area contributed by atoms with E-state index in [2.05, 4.69) is 13.2 Å². The second kappa shape index (κ2) is 24.7. The zero-order valence-electron chi connectivity index (χ0n) is 34.1. The summed E-state index contributed by atoms with van der Waals surface area (Å²) in [6, 6.07) is 19.9. The van der Waals surface area contributed by atoms with Crippen molar-refractivity contribution in [2.75, 3.05) is 39.6 Å². The molecule has 4 atom stereocenters. The molecule has 0 radical (unpaired) electrons. The van der Waals surface area contributed by atoms with E-state index in [1.807, 2.05) is 24.3 Å². The average molecular weight is 841 g/mol. The molecule has 0 aliphatic carbocycles. The van der Waals surface area contributed by atoms with Crippen molar-refractivity contribution in [1.29, 1.82) is 0 Å². The summed E-state index contributed by atoms with van der Waals surface area (Å²) in [5, 5.41) is 0. The van der Waals surface area contributed by atoms with Crippen molar-refractivity contribution in [3.63, 3.8) is 0 Å². The van der Waals surface area contributed by atoms with Crippen molar-refractivity contribution in [3.05, 3.63) is 121 Å². The van der Waals surface area contributed by atoms with Gasteiger partial charge in [-0.3, -0.25) is 0 Å². The molecule has 14 heteroatoms. The Bertz CT molecular complexity index is 1940. The number of carbonyl (C=O) groups excluding carboxylic acids is 5. The first kappa shape index (κ1) is 45.8. The van der Waals surface area contributed by atoms with E-state index in [0.29, 0.717) is 43.5 Å². The molecule has 5 rings (SSSR count). The van der Waals surface area contributed by atoms with E-state index < -0.39 is 54.3 Å². The first-order valence-corrected chi connectivity index (χ1v) is 20.4. The molecule has 14 nitrogen and oxygen atoms in total. The van der Waals surface area contributed by atoms with Gasteiger partial charge < -0.3 is 42.6 Å². The summed E-state index contributed by atoms with van der Waals surface area (Å²) >= 11 is 0. The van der Waals surface area contributed by atoms with Gasteiger partial charge >= 0.3 is 29.8 Å². The Morgan fingerprint density at radius 1 is 0.525 bits per heavy atom. The van der Waals surface area contributed by atoms with Crippen LogP contribution in [0.5, 0.6) is 17.2 Å². The lowest BCUT2D eigenvalue weighted by molar-refractivity contribution is -0.147. The van der Waals surface area contributed by atoms with Crippen molar-refractivity contribution in [2.24, 2.45) is 0 Å². The SMILES string of the molecule is C=CC(=O)OCCCCCCOc1ccc(/C=C/C(=O)O[C@@H]2CO[C@H]3[C@@H]2OC[C@@H]3OC(=O)c2ccc(OC(=O)c3ccc(OCCCCCCOC(=O)C=C)cc3)cc2)cc1. The minimum absolute atomic E-state index is 0.0722. The lowest BCUT2D eigenvalue weighted by atomic mass is 10.1. The third kappa shape index (κ3) is 15.4. The summed E-state index contributed by atoms with van der Waals surface area (Å²) in [6.45, 7) is 8.73. The minimum Gasteiger partial charge on any atom is -0.494 e. The van der Waals surface area contributed by atoms with Crippen molar-refractivity contribution >= 4 is 35.9 Å². The number of carbonyl (C=O) groups is 5. The van der Waals surface area contributed by atoms with E-state index in [1.165, 1.54) is 30.3 Å². The van der Waals surface area contributed by atoms with Gasteiger partial charge in [-0.25, -0.2) is 24.0 Å². The normalized spacial score (nSPS) is 17.8. The molecule has 0 saturated carbocycles. The van der Waals surface area contributed by atoms with Gasteiger partial charge in [0.2, 0.25) is 0 Å². The molecule has 0 spiro atoms. The van der Waals surface area contributed by atoms with Gasteiger partial charge in [-0.05, 0) is 124 Å². The smallest absolute Gasteiger partial charge is 0.343 e. The highest BCUT2D eigenvalue weighted by atomic mass is 16.7. The molecular formula is C47H52O14. The van der Waals surface area contributed by atoms with Gasteiger partial charge in [0.25, 0.3) is 0 Å². The van der Waals surface area contributed by atoms with Gasteiger partial charge in [0, 0.05) is 18.2 Å². The van der Waals surface area contributed by atoms with Crippen molar-refractivity contribution < 1.29 is 66.6 Å². The van der Waals surface area contributed by atoms with Crippen molar-refractivity contribution in [1.82, 2.24) is 0 Å². The second-order valence-corrected chi connectivity index (χ2v) is 14.1. The van der Waals surface area contributed by atoms with Gasteiger partial charge in [0.1, 0.15) is 29.5 Å². The molecule has 2 aliphatic rings. The molecule has 2 fully saturated rings. The summed E-state index contributed by atoms with van der Waals surface area (Å²) in [5.41, 5.74) is 1.36. The first-order valence-electron chi connectivity index (χ1n) is 20.4. The highest BCUT2D eigenvalue weighted by Crippen LogP contribution is 2.31. The zero-order chi connectivity index (χ0) is 43.2. The summed E-state index contributed by atoms with van der Waals surface area (Å²) in [4.78, 5) is 60.5. The van der Waals surface area contributed by atoms with Crippen molar-refractivity contribution in [2.45, 2.75) is 75.8 Å². The Morgan fingerprint density at radius 3 is 1.48 bits per heavy atom. The Balaban J connectivity index is 0.958. The second-order valence-electron chi connectivity index (χ2n) is 14.1. The summed E-state index contributed by atoms with van der Waals surface area (Å²) in [5.74, 6) is -0.979. The fourth-order valence-electron chi connectivity index (χ4n) is 6.34. The zero-order valence-corrected chi connectivity index (χ0v) is 34.1. The lowest BCUT2D eigenvalue weighted by Crippen LogP contribution is -2.35. The Morgan fingerprint density at radius 2 is 0.967 bits per heavy atom. The molecular weight excluding hydrogens is 789 g/mol. The Labute approximate surface area is 355 Å². The molecule has 0 unspecified atom stereocenters. The predicted molar refractivity (Wildman–Crippen MR) is 222 cm³/mol. The summed E-state index contributed by atoms with van der Waals surface area (Å²) < 4.78 is 49.9. The largest absolute Gasteiger partial charge is 0.494 e. The van der Waals surface area contributed by atoms with E-state index in [1.54, 1.807) is 30.3 Å². The van der Waals surface area contributed by atoms with Gasteiger partial charge in [-0.15, -0.1) is 0 Å². The van der Waals surface area contributed by atoms with Gasteiger partial charge in [0.15, 0.2) is 12.2 Å². The van der Waals surface area contributed by atoms with Crippen LogP contribution in [0.2, 0.25) is 0 Å². The number of rotatable bonds is 25. The molecule has 2 heterocycles. The van der Waals surface area contributed by atoms with Crippen LogP contribution in [-0.4, -0.2) is 93.9 Å². The molecule has 0 amide bonds. The quantitative estimate of drug-likeness (QED) is 0.0276. The lowest BCUT2D eigenvalue weighted by Gasteiger charge is -2.17. The number of hydrogen-bond acceptors (Lipinski definition) is 14. The molecule has 2 saturated heterocycles. The number of esters is 5. The third-order valence-corrected chi connectivity index (χ3v) is 9.61. The number of hydrogen-bond donors (Lipinski definition) is 0. The van der Waals surface area contributed by atoms with Crippen LogP contribution in [0.4, 0.5) is 0 Å². The maximum Gasteiger partial charge on any atom is 0.343 e. The Hall–Kier alpha value is -6.25. The van der Waals surface area contributed by atoms with E-state index in [-0.39, 0.29) is 24.5 Å². The molecule has 0 aromatic heterocycles. The van der Waals surface area contributed by atoms with Gasteiger partial charge in [-0.1, -0.05) is 25.3 Å². The molecule has 0 bridgehead atoms. The van der Waals surface area contributed by atoms with Crippen LogP contribution in [0.25, 0.3) is 6.08 Å². The molecule has 61 heavy (non-hydrogen) atoms. The van der Waals surface area contributed by atoms with Crippen molar-refractivity contribution in [3.8, 4) is 17.2 Å². The molecule has 3 aromatic carbocycles. The Kier molecular flexibility index (Phi) is 18.6. The topological polar surface area (TPSA) is 168 Å². The van der Waals surface area contributed by atoms with Crippen LogP contribution < -0.4 is 14.2 Å². The first-order chi connectivity index (χ1) is 29.7. The molecule has 0 N–H and O–H groups in total. The molecule has 3 aromatic rings. The van der Waals surface area contributed by atoms with Crippen LogP contribution in [-0.2, 0) is 42.8 Å². The van der Waals surface area contributed by atoms with E-state index in [4.69, 9.17) is 42.6 Å². The fraction of sp³-hybridized carbons (Fsp3) is 0.383. The maximum atomic E-state index is 13.0. The number of ether oxygens (including phenoxy) is 9. The van der Waals surface area contributed by atoms with E-state index in [9.17, 15) is 24.0 Å². The number of fused-ring (bicyclic) bond motifs is 1. The summed E-state index contributed by atoms with van der Waals surface area (Å²) in [7, 11) is 0. The van der Waals surface area contributed by atoms with E-state index >= 15 is 0 Å². The highest BCUT2D eigenvalue weighted by Gasteiger charge is 2.51. The average Bonchev–Trinajstić information content (AvgIpc) is 3.87. The summed E-state index contributed by atoms with van der Waals surface area (Å²) in [6.07, 6.45) is 9.68. The van der Waals surface area contributed by atoms with Gasteiger partial charge in [-0.2, -0.15) is 0 Å². The van der Waals surface area contributed by atoms with Crippen LogP contribution >= 0.6 is 0 Å².